The fourth-order valence-corrected chi connectivity index (χ4v) is 4.96. The summed E-state index contributed by atoms with van der Waals surface area (Å²) in [5.74, 6) is 0. The minimum atomic E-state index is 1.15. The van der Waals surface area contributed by atoms with Gasteiger partial charge < -0.3 is 0 Å². The molecule has 0 saturated heterocycles. The van der Waals surface area contributed by atoms with E-state index >= 15 is 0 Å². The minimum Gasteiger partial charge on any atom is -0.0622 e. The summed E-state index contributed by atoms with van der Waals surface area (Å²) in [5.41, 5.74) is 2.56. The predicted molar refractivity (Wildman–Crippen MR) is 121 cm³/mol. The molecule has 6 aromatic rings. The average molecular weight is 407 g/mol. The second-order valence-electron chi connectivity index (χ2n) is 7.12. The molecule has 0 fully saturated rings. The summed E-state index contributed by atoms with van der Waals surface area (Å²) in [6.45, 7) is 0. The zero-order valence-electron chi connectivity index (χ0n) is 14.5. The molecule has 0 radical (unpaired) electrons. The van der Waals surface area contributed by atoms with Gasteiger partial charge in [-0.05, 0) is 72.4 Å². The van der Waals surface area contributed by atoms with Crippen molar-refractivity contribution in [3.8, 4) is 11.1 Å². The van der Waals surface area contributed by atoms with E-state index in [2.05, 4.69) is 107 Å². The zero-order valence-corrected chi connectivity index (χ0v) is 16.1. The fourth-order valence-electron chi connectivity index (χ4n) is 4.48. The van der Waals surface area contributed by atoms with Gasteiger partial charge in [0.05, 0.1) is 0 Å². The van der Waals surface area contributed by atoms with Gasteiger partial charge in [0.2, 0.25) is 0 Å². The molecule has 0 bridgehead atoms. The van der Waals surface area contributed by atoms with Crippen LogP contribution >= 0.6 is 15.9 Å². The zero-order chi connectivity index (χ0) is 18.0. The number of halogens is 1. The lowest BCUT2D eigenvalue weighted by molar-refractivity contribution is 1.67. The van der Waals surface area contributed by atoms with Crippen molar-refractivity contribution >= 4 is 59.0 Å². The van der Waals surface area contributed by atoms with Crippen LogP contribution in [0.4, 0.5) is 0 Å². The summed E-state index contributed by atoms with van der Waals surface area (Å²) in [4.78, 5) is 0. The monoisotopic (exact) mass is 406 g/mol. The highest BCUT2D eigenvalue weighted by Gasteiger charge is 2.15. The summed E-state index contributed by atoms with van der Waals surface area (Å²) in [7, 11) is 0. The standard InChI is InChI=1S/C26H15Br/c27-24-11-5-9-19-21-13-12-17-8-4-10-20-22(16-6-2-1-3-7-16)14-18(15-23(19)24)26(21)25(17)20/h1-15H. The summed E-state index contributed by atoms with van der Waals surface area (Å²) in [6.07, 6.45) is 0. The van der Waals surface area contributed by atoms with Crippen molar-refractivity contribution in [3.63, 3.8) is 0 Å². The molecule has 0 nitrogen and oxygen atoms in total. The van der Waals surface area contributed by atoms with Crippen LogP contribution < -0.4 is 0 Å². The summed E-state index contributed by atoms with van der Waals surface area (Å²) < 4.78 is 1.15. The second-order valence-corrected chi connectivity index (χ2v) is 7.97. The van der Waals surface area contributed by atoms with Crippen molar-refractivity contribution in [2.45, 2.75) is 0 Å². The molecule has 6 aromatic carbocycles. The Kier molecular flexibility index (Phi) is 3.12. The van der Waals surface area contributed by atoms with Gasteiger partial charge in [-0.25, -0.2) is 0 Å². The Morgan fingerprint density at radius 2 is 1.26 bits per heavy atom. The van der Waals surface area contributed by atoms with E-state index in [1.807, 2.05) is 0 Å². The van der Waals surface area contributed by atoms with Gasteiger partial charge in [0.25, 0.3) is 0 Å². The molecule has 126 valence electrons. The highest BCUT2D eigenvalue weighted by Crippen LogP contribution is 2.43. The van der Waals surface area contributed by atoms with Crippen LogP contribution in [0.15, 0.2) is 95.5 Å². The highest BCUT2D eigenvalue weighted by atomic mass is 79.9. The van der Waals surface area contributed by atoms with Gasteiger partial charge >= 0.3 is 0 Å². The lowest BCUT2D eigenvalue weighted by atomic mass is 9.87. The van der Waals surface area contributed by atoms with E-state index in [-0.39, 0.29) is 0 Å². The summed E-state index contributed by atoms with van der Waals surface area (Å²) in [6, 6.07) is 33.1. The average Bonchev–Trinajstić information content (AvgIpc) is 2.72. The summed E-state index contributed by atoms with van der Waals surface area (Å²) in [5, 5.41) is 10.6. The van der Waals surface area contributed by atoms with Crippen LogP contribution in [-0.4, -0.2) is 0 Å². The van der Waals surface area contributed by atoms with Gasteiger partial charge in [0.15, 0.2) is 0 Å². The van der Waals surface area contributed by atoms with Crippen LogP contribution in [0.3, 0.4) is 0 Å². The molecule has 0 saturated carbocycles. The molecule has 0 aliphatic heterocycles. The Balaban J connectivity index is 1.92. The molecule has 0 aliphatic carbocycles. The van der Waals surface area contributed by atoms with Crippen molar-refractivity contribution in [2.24, 2.45) is 0 Å². The number of rotatable bonds is 1. The van der Waals surface area contributed by atoms with E-state index in [1.165, 1.54) is 54.2 Å². The Labute approximate surface area is 165 Å². The first-order chi connectivity index (χ1) is 13.3. The molecule has 0 unspecified atom stereocenters. The normalized spacial score (nSPS) is 11.9. The van der Waals surface area contributed by atoms with Crippen LogP contribution in [0.25, 0.3) is 54.2 Å². The van der Waals surface area contributed by atoms with Crippen molar-refractivity contribution in [2.75, 3.05) is 0 Å². The molecule has 0 amide bonds. The molecule has 0 aliphatic rings. The molecule has 1 heteroatoms. The third-order valence-electron chi connectivity index (χ3n) is 5.65. The summed E-state index contributed by atoms with van der Waals surface area (Å²) >= 11 is 3.75. The van der Waals surface area contributed by atoms with Crippen LogP contribution in [-0.2, 0) is 0 Å². The van der Waals surface area contributed by atoms with Gasteiger partial charge in [-0.1, -0.05) is 88.7 Å². The molecule has 0 spiro atoms. The predicted octanol–water partition coefficient (Wildman–Crippen LogP) is 8.17. The number of hydrogen-bond acceptors (Lipinski definition) is 0. The molecular weight excluding hydrogens is 392 g/mol. The SMILES string of the molecule is Brc1cccc2c1cc1cc(-c3ccccc3)c3cccc4ccc2c1c43. The van der Waals surface area contributed by atoms with Crippen LogP contribution in [0.1, 0.15) is 0 Å². The van der Waals surface area contributed by atoms with E-state index < -0.39 is 0 Å². The van der Waals surface area contributed by atoms with Gasteiger partial charge in [0, 0.05) is 4.47 Å². The molecule has 0 atom stereocenters. The molecular formula is C26H15Br. The van der Waals surface area contributed by atoms with E-state index in [0.717, 1.165) is 4.47 Å². The second kappa shape index (κ2) is 5.55. The van der Waals surface area contributed by atoms with E-state index in [0.29, 0.717) is 0 Å². The first-order valence-corrected chi connectivity index (χ1v) is 9.95. The van der Waals surface area contributed by atoms with Gasteiger partial charge in [-0.15, -0.1) is 0 Å². The highest BCUT2D eigenvalue weighted by molar-refractivity contribution is 9.10. The number of benzene rings is 6. The molecule has 0 heterocycles. The maximum Gasteiger partial charge on any atom is 0.0254 e. The molecule has 0 aromatic heterocycles. The first-order valence-electron chi connectivity index (χ1n) is 9.15. The quantitative estimate of drug-likeness (QED) is 0.190. The van der Waals surface area contributed by atoms with E-state index in [9.17, 15) is 0 Å². The number of fused-ring (bicyclic) bond motifs is 2. The fraction of sp³-hybridized carbons (Fsp3) is 0. The smallest absolute Gasteiger partial charge is 0.0254 e. The third kappa shape index (κ3) is 2.09. The van der Waals surface area contributed by atoms with E-state index in [4.69, 9.17) is 0 Å². The van der Waals surface area contributed by atoms with Crippen molar-refractivity contribution in [1.82, 2.24) is 0 Å². The molecule has 0 N–H and O–H groups in total. The third-order valence-corrected chi connectivity index (χ3v) is 6.34. The molecule has 27 heavy (non-hydrogen) atoms. The Morgan fingerprint density at radius 3 is 2.15 bits per heavy atom. The molecule has 6 rings (SSSR count). The van der Waals surface area contributed by atoms with Crippen LogP contribution in [0, 0.1) is 0 Å². The number of hydrogen-bond donors (Lipinski definition) is 0. The van der Waals surface area contributed by atoms with Gasteiger partial charge in [0.1, 0.15) is 0 Å². The largest absolute Gasteiger partial charge is 0.0622 e. The van der Waals surface area contributed by atoms with Crippen molar-refractivity contribution < 1.29 is 0 Å². The Bertz CT molecular complexity index is 1460. The maximum atomic E-state index is 3.75. The lowest BCUT2D eigenvalue weighted by Gasteiger charge is -2.17. The van der Waals surface area contributed by atoms with Crippen LogP contribution in [0.5, 0.6) is 0 Å². The lowest BCUT2D eigenvalue weighted by Crippen LogP contribution is -1.89. The van der Waals surface area contributed by atoms with Gasteiger partial charge in [-0.2, -0.15) is 0 Å². The van der Waals surface area contributed by atoms with E-state index in [1.54, 1.807) is 0 Å². The van der Waals surface area contributed by atoms with Crippen molar-refractivity contribution in [3.05, 3.63) is 95.5 Å². The Hall–Kier alpha value is -2.90. The Morgan fingerprint density at radius 1 is 0.481 bits per heavy atom. The van der Waals surface area contributed by atoms with Gasteiger partial charge in [-0.3, -0.25) is 0 Å². The van der Waals surface area contributed by atoms with Crippen molar-refractivity contribution in [1.29, 1.82) is 0 Å². The first kappa shape index (κ1) is 15.2. The maximum absolute atomic E-state index is 3.75. The minimum absolute atomic E-state index is 1.15. The van der Waals surface area contributed by atoms with Crippen LogP contribution in [0.2, 0.25) is 0 Å². The topological polar surface area (TPSA) is 0 Å².